The topological polar surface area (TPSA) is 106 Å². The number of anilines is 1. The van der Waals surface area contributed by atoms with Gasteiger partial charge in [0, 0.05) is 31.2 Å². The van der Waals surface area contributed by atoms with Gasteiger partial charge in [0.25, 0.3) is 0 Å². The summed E-state index contributed by atoms with van der Waals surface area (Å²) < 4.78 is 31.2. The number of amides is 1. The summed E-state index contributed by atoms with van der Waals surface area (Å²) in [7, 11) is -2.07. The van der Waals surface area contributed by atoms with Crippen LogP contribution >= 0.6 is 0 Å². The number of sulfonamides is 1. The minimum atomic E-state index is -3.41. The summed E-state index contributed by atoms with van der Waals surface area (Å²) in [6.07, 6.45) is 6.19. The lowest BCUT2D eigenvalue weighted by Crippen LogP contribution is -2.34. The highest BCUT2D eigenvalue weighted by Gasteiger charge is 2.15. The van der Waals surface area contributed by atoms with Crippen LogP contribution in [0, 0.1) is 0 Å². The first-order valence-electron chi connectivity index (χ1n) is 8.26. The smallest absolute Gasteiger partial charge is 0.239 e. The second-order valence-corrected chi connectivity index (χ2v) is 8.09. The first kappa shape index (κ1) is 19.5. The van der Waals surface area contributed by atoms with Crippen molar-refractivity contribution in [3.8, 4) is 17.4 Å². The third-order valence-corrected chi connectivity index (χ3v) is 5.05. The van der Waals surface area contributed by atoms with E-state index in [0.29, 0.717) is 23.1 Å². The molecule has 2 aromatic heterocycles. The van der Waals surface area contributed by atoms with Crippen LogP contribution in [0.2, 0.25) is 0 Å². The fraction of sp³-hybridized carbons (Fsp3) is 0.167. The number of aromatic nitrogens is 3. The molecule has 1 amide bonds. The van der Waals surface area contributed by atoms with Gasteiger partial charge in [0.15, 0.2) is 0 Å². The lowest BCUT2D eigenvalue weighted by Gasteiger charge is -2.14. The Bertz CT molecular complexity index is 1050. The molecule has 0 fully saturated rings. The normalized spacial score (nSPS) is 11.4. The van der Waals surface area contributed by atoms with Crippen molar-refractivity contribution in [1.29, 1.82) is 0 Å². The van der Waals surface area contributed by atoms with E-state index >= 15 is 0 Å². The molecule has 0 radical (unpaired) electrons. The Balaban J connectivity index is 1.62. The van der Waals surface area contributed by atoms with E-state index in [4.69, 9.17) is 4.74 Å². The number of ether oxygens (including phenoxy) is 1. The van der Waals surface area contributed by atoms with Gasteiger partial charge in [0.1, 0.15) is 17.9 Å². The lowest BCUT2D eigenvalue weighted by atomic mass is 10.3. The van der Waals surface area contributed by atoms with Gasteiger partial charge in [0.05, 0.1) is 12.8 Å². The summed E-state index contributed by atoms with van der Waals surface area (Å²) in [6.45, 7) is -0.264. The average Bonchev–Trinajstić information content (AvgIpc) is 3.17. The van der Waals surface area contributed by atoms with Crippen LogP contribution in [0.4, 0.5) is 5.69 Å². The number of hydrogen-bond acceptors (Lipinski definition) is 6. The Morgan fingerprint density at radius 3 is 2.50 bits per heavy atom. The molecular weight excluding hydrogens is 382 g/mol. The number of rotatable bonds is 7. The van der Waals surface area contributed by atoms with Crippen LogP contribution in [0.15, 0.2) is 61.2 Å². The number of nitrogens with zero attached hydrogens (tertiary/aromatic N) is 4. The number of hydrogen-bond donors (Lipinski definition) is 1. The Morgan fingerprint density at radius 1 is 1.18 bits per heavy atom. The van der Waals surface area contributed by atoms with Crippen LogP contribution in [0.25, 0.3) is 5.82 Å². The second-order valence-electron chi connectivity index (χ2n) is 6.00. The molecular formula is C18H19N5O4S. The number of carbonyl (C=O) groups is 1. The van der Waals surface area contributed by atoms with E-state index in [1.165, 1.54) is 13.4 Å². The molecule has 146 valence electrons. The van der Waals surface area contributed by atoms with E-state index in [-0.39, 0.29) is 6.54 Å². The molecule has 0 bridgehead atoms. The first-order valence-corrected chi connectivity index (χ1v) is 10.1. The third kappa shape index (κ3) is 5.15. The summed E-state index contributed by atoms with van der Waals surface area (Å²) in [4.78, 5) is 20.2. The Hall–Kier alpha value is -3.24. The van der Waals surface area contributed by atoms with Crippen LogP contribution < -0.4 is 10.1 Å². The number of nitrogens with one attached hydrogen (secondary N) is 1. The van der Waals surface area contributed by atoms with Gasteiger partial charge in [0.2, 0.25) is 21.8 Å². The average molecular weight is 401 g/mol. The Kier molecular flexibility index (Phi) is 5.71. The zero-order valence-corrected chi connectivity index (χ0v) is 16.1. The molecule has 0 unspecified atom stereocenters. The van der Waals surface area contributed by atoms with Gasteiger partial charge < -0.3 is 14.6 Å². The van der Waals surface area contributed by atoms with Crippen molar-refractivity contribution in [3.63, 3.8) is 0 Å². The maximum Gasteiger partial charge on any atom is 0.239 e. The summed E-state index contributed by atoms with van der Waals surface area (Å²) >= 11 is 0. The lowest BCUT2D eigenvalue weighted by molar-refractivity contribution is -0.116. The molecule has 0 atom stereocenters. The molecule has 0 saturated carbocycles. The van der Waals surface area contributed by atoms with Crippen LogP contribution in [0.3, 0.4) is 0 Å². The summed E-state index contributed by atoms with van der Waals surface area (Å²) in [5, 5.41) is 2.63. The van der Waals surface area contributed by atoms with Crippen molar-refractivity contribution in [2.75, 3.05) is 25.2 Å². The minimum absolute atomic E-state index is 0.264. The van der Waals surface area contributed by atoms with Crippen molar-refractivity contribution in [3.05, 3.63) is 61.2 Å². The second kappa shape index (κ2) is 8.19. The van der Waals surface area contributed by atoms with E-state index in [1.54, 1.807) is 30.3 Å². The van der Waals surface area contributed by atoms with E-state index < -0.39 is 15.9 Å². The monoisotopic (exact) mass is 401 g/mol. The van der Waals surface area contributed by atoms with Gasteiger partial charge in [-0.2, -0.15) is 4.31 Å². The SMILES string of the molecule is CN(CC(=O)Nc1ccc(Oc2cc(-n3cccc3)ncn2)cc1)S(C)(=O)=O. The fourth-order valence-corrected chi connectivity index (χ4v) is 2.61. The molecule has 0 saturated heterocycles. The van der Waals surface area contributed by atoms with Crippen molar-refractivity contribution >= 4 is 21.6 Å². The van der Waals surface area contributed by atoms with Crippen molar-refractivity contribution < 1.29 is 17.9 Å². The minimum Gasteiger partial charge on any atom is -0.439 e. The van der Waals surface area contributed by atoms with Gasteiger partial charge in [-0.25, -0.2) is 18.4 Å². The van der Waals surface area contributed by atoms with Crippen molar-refractivity contribution in [1.82, 2.24) is 18.8 Å². The van der Waals surface area contributed by atoms with Gasteiger partial charge in [-0.3, -0.25) is 4.79 Å². The summed E-state index contributed by atoms with van der Waals surface area (Å²) in [5.41, 5.74) is 0.523. The summed E-state index contributed by atoms with van der Waals surface area (Å²) in [5.74, 6) is 1.15. The first-order chi connectivity index (χ1) is 13.3. The van der Waals surface area contributed by atoms with Crippen molar-refractivity contribution in [2.24, 2.45) is 0 Å². The van der Waals surface area contributed by atoms with Crippen LogP contribution in [-0.4, -0.2) is 53.0 Å². The molecule has 0 aliphatic carbocycles. The zero-order valence-electron chi connectivity index (χ0n) is 15.3. The third-order valence-electron chi connectivity index (χ3n) is 3.79. The van der Waals surface area contributed by atoms with Gasteiger partial charge in [-0.1, -0.05) is 0 Å². The molecule has 9 nitrogen and oxygen atoms in total. The highest BCUT2D eigenvalue weighted by atomic mass is 32.2. The van der Waals surface area contributed by atoms with Gasteiger partial charge >= 0.3 is 0 Å². The fourth-order valence-electron chi connectivity index (χ4n) is 2.26. The molecule has 0 spiro atoms. The summed E-state index contributed by atoms with van der Waals surface area (Å²) in [6, 6.07) is 12.1. The van der Waals surface area contributed by atoms with E-state index in [9.17, 15) is 13.2 Å². The number of carbonyl (C=O) groups excluding carboxylic acids is 1. The number of benzene rings is 1. The van der Waals surface area contributed by atoms with E-state index in [0.717, 1.165) is 10.6 Å². The predicted octanol–water partition coefficient (Wildman–Crippen LogP) is 1.89. The van der Waals surface area contributed by atoms with E-state index in [2.05, 4.69) is 15.3 Å². The molecule has 1 N–H and O–H groups in total. The molecule has 0 aliphatic rings. The predicted molar refractivity (Wildman–Crippen MR) is 104 cm³/mol. The zero-order chi connectivity index (χ0) is 20.1. The van der Waals surface area contributed by atoms with E-state index in [1.807, 2.05) is 29.1 Å². The molecule has 1 aromatic carbocycles. The molecule has 3 aromatic rings. The highest BCUT2D eigenvalue weighted by Crippen LogP contribution is 2.22. The van der Waals surface area contributed by atoms with Crippen LogP contribution in [0.1, 0.15) is 0 Å². The maximum absolute atomic E-state index is 11.9. The highest BCUT2D eigenvalue weighted by molar-refractivity contribution is 7.88. The van der Waals surface area contributed by atoms with Crippen molar-refractivity contribution in [2.45, 2.75) is 0 Å². The quantitative estimate of drug-likeness (QED) is 0.648. The van der Waals surface area contributed by atoms with Gasteiger partial charge in [-0.15, -0.1) is 0 Å². The van der Waals surface area contributed by atoms with Gasteiger partial charge in [-0.05, 0) is 36.4 Å². The number of likely N-dealkylation sites (N-methyl/N-ethyl adjacent to an activating group) is 1. The van der Waals surface area contributed by atoms with Crippen LogP contribution in [-0.2, 0) is 14.8 Å². The maximum atomic E-state index is 11.9. The molecule has 28 heavy (non-hydrogen) atoms. The van der Waals surface area contributed by atoms with Crippen LogP contribution in [0.5, 0.6) is 11.6 Å². The molecule has 0 aliphatic heterocycles. The Morgan fingerprint density at radius 2 is 1.86 bits per heavy atom. The standard InChI is InChI=1S/C18H19N5O4S/c1-22(28(2,25)26)12-17(24)21-14-5-7-15(8-6-14)27-18-11-16(19-13-20-18)23-9-3-4-10-23/h3-11,13H,12H2,1-2H3,(H,21,24). The largest absolute Gasteiger partial charge is 0.439 e. The Labute approximate surface area is 162 Å². The molecule has 2 heterocycles. The molecule has 10 heteroatoms. The molecule has 3 rings (SSSR count).